The van der Waals surface area contributed by atoms with Gasteiger partial charge >= 0.3 is 0 Å². The molecule has 0 aliphatic rings. The molecule has 2 rings (SSSR count). The number of halogens is 5. The van der Waals surface area contributed by atoms with Crippen LogP contribution in [0.25, 0.3) is 0 Å². The smallest absolute Gasteiger partial charge is 0.237 e. The predicted octanol–water partition coefficient (Wildman–Crippen LogP) is 3.32. The standard InChI is InChI=1S/C13H8F5NO2S/c14-8-9(15)11(17)13(12(18)10(8)16)19-22(20,21)6-7-4-2-1-3-5-7/h1-5,19H,6H2. The van der Waals surface area contributed by atoms with Crippen LogP contribution in [0.15, 0.2) is 30.3 Å². The van der Waals surface area contributed by atoms with Gasteiger partial charge in [0.15, 0.2) is 23.3 Å². The third-order valence-corrected chi connectivity index (χ3v) is 3.90. The number of nitrogens with one attached hydrogen (secondary N) is 1. The number of anilines is 1. The first-order chi connectivity index (χ1) is 10.2. The van der Waals surface area contributed by atoms with Crippen LogP contribution in [0.4, 0.5) is 27.6 Å². The van der Waals surface area contributed by atoms with Crippen LogP contribution < -0.4 is 4.72 Å². The summed E-state index contributed by atoms with van der Waals surface area (Å²) < 4.78 is 90.7. The van der Waals surface area contributed by atoms with Crippen molar-refractivity contribution in [2.45, 2.75) is 5.75 Å². The molecule has 2 aromatic rings. The van der Waals surface area contributed by atoms with Gasteiger partial charge in [-0.25, -0.2) is 30.4 Å². The number of sulfonamides is 1. The molecule has 2 aromatic carbocycles. The van der Waals surface area contributed by atoms with Crippen molar-refractivity contribution in [3.05, 3.63) is 65.0 Å². The minimum absolute atomic E-state index is 0.277. The van der Waals surface area contributed by atoms with Crippen molar-refractivity contribution in [2.75, 3.05) is 4.72 Å². The van der Waals surface area contributed by atoms with Gasteiger partial charge in [0.2, 0.25) is 15.8 Å². The Labute approximate surface area is 122 Å². The maximum absolute atomic E-state index is 13.4. The van der Waals surface area contributed by atoms with E-state index >= 15 is 0 Å². The number of hydrogen-bond acceptors (Lipinski definition) is 2. The lowest BCUT2D eigenvalue weighted by atomic mass is 10.2. The Bertz CT molecular complexity index is 780. The summed E-state index contributed by atoms with van der Waals surface area (Å²) in [5, 5.41) is 0. The molecule has 22 heavy (non-hydrogen) atoms. The zero-order chi connectivity index (χ0) is 16.5. The Morgan fingerprint density at radius 1 is 0.773 bits per heavy atom. The van der Waals surface area contributed by atoms with E-state index in [-0.39, 0.29) is 5.56 Å². The molecule has 0 spiro atoms. The highest BCUT2D eigenvalue weighted by atomic mass is 32.2. The van der Waals surface area contributed by atoms with E-state index in [1.54, 1.807) is 6.07 Å². The summed E-state index contributed by atoms with van der Waals surface area (Å²) in [5.74, 6) is -12.0. The van der Waals surface area contributed by atoms with E-state index in [0.29, 0.717) is 0 Å². The Hall–Kier alpha value is -2.16. The fraction of sp³-hybridized carbons (Fsp3) is 0.0769. The molecule has 0 aliphatic heterocycles. The van der Waals surface area contributed by atoms with E-state index in [4.69, 9.17) is 0 Å². The fourth-order valence-corrected chi connectivity index (χ4v) is 2.87. The average Bonchev–Trinajstić information content (AvgIpc) is 2.48. The first-order valence-electron chi connectivity index (χ1n) is 5.79. The molecular formula is C13H8F5NO2S. The molecule has 0 saturated heterocycles. The van der Waals surface area contributed by atoms with E-state index in [1.807, 2.05) is 0 Å². The highest BCUT2D eigenvalue weighted by molar-refractivity contribution is 7.91. The van der Waals surface area contributed by atoms with E-state index < -0.39 is 50.5 Å². The van der Waals surface area contributed by atoms with Gasteiger partial charge in [0, 0.05) is 0 Å². The van der Waals surface area contributed by atoms with Crippen LogP contribution in [-0.4, -0.2) is 8.42 Å². The molecule has 118 valence electrons. The van der Waals surface area contributed by atoms with Crippen molar-refractivity contribution in [2.24, 2.45) is 0 Å². The molecule has 0 aromatic heterocycles. The Morgan fingerprint density at radius 3 is 1.73 bits per heavy atom. The quantitative estimate of drug-likeness (QED) is 0.528. The lowest BCUT2D eigenvalue weighted by Gasteiger charge is -2.11. The van der Waals surface area contributed by atoms with Gasteiger partial charge < -0.3 is 0 Å². The van der Waals surface area contributed by atoms with Gasteiger partial charge in [-0.3, -0.25) is 4.72 Å². The monoisotopic (exact) mass is 337 g/mol. The van der Waals surface area contributed by atoms with Gasteiger partial charge in [-0.15, -0.1) is 0 Å². The van der Waals surface area contributed by atoms with Crippen molar-refractivity contribution >= 4 is 15.7 Å². The average molecular weight is 337 g/mol. The summed E-state index contributed by atoms with van der Waals surface area (Å²) in [6.45, 7) is 0. The Morgan fingerprint density at radius 2 is 1.23 bits per heavy atom. The van der Waals surface area contributed by atoms with Crippen LogP contribution in [0.1, 0.15) is 5.56 Å². The molecule has 9 heteroatoms. The third-order valence-electron chi connectivity index (χ3n) is 2.67. The normalized spacial score (nSPS) is 11.5. The molecule has 0 atom stereocenters. The zero-order valence-corrected chi connectivity index (χ0v) is 11.5. The van der Waals surface area contributed by atoms with Crippen molar-refractivity contribution in [3.63, 3.8) is 0 Å². The van der Waals surface area contributed by atoms with Crippen LogP contribution in [0.2, 0.25) is 0 Å². The molecule has 1 N–H and O–H groups in total. The van der Waals surface area contributed by atoms with Crippen LogP contribution >= 0.6 is 0 Å². The molecule has 0 fully saturated rings. The topological polar surface area (TPSA) is 46.2 Å². The SMILES string of the molecule is O=S(=O)(Cc1ccccc1)Nc1c(F)c(F)c(F)c(F)c1F. The molecule has 0 aliphatic carbocycles. The molecular weight excluding hydrogens is 329 g/mol. The van der Waals surface area contributed by atoms with Gasteiger partial charge in [-0.1, -0.05) is 30.3 Å². The third kappa shape index (κ3) is 3.19. The molecule has 0 unspecified atom stereocenters. The Kier molecular flexibility index (Phi) is 4.36. The molecule has 0 heterocycles. The molecule has 0 radical (unpaired) electrons. The zero-order valence-electron chi connectivity index (χ0n) is 10.7. The van der Waals surface area contributed by atoms with Crippen molar-refractivity contribution in [1.29, 1.82) is 0 Å². The summed E-state index contributed by atoms with van der Waals surface area (Å²) in [5.41, 5.74) is -1.33. The lowest BCUT2D eigenvalue weighted by molar-refractivity contribution is 0.382. The predicted molar refractivity (Wildman–Crippen MR) is 68.9 cm³/mol. The van der Waals surface area contributed by atoms with Crippen molar-refractivity contribution in [3.8, 4) is 0 Å². The van der Waals surface area contributed by atoms with Gasteiger partial charge in [0.05, 0.1) is 5.75 Å². The fourth-order valence-electron chi connectivity index (χ4n) is 1.68. The van der Waals surface area contributed by atoms with E-state index in [1.165, 1.54) is 29.0 Å². The first kappa shape index (κ1) is 16.2. The molecule has 0 amide bonds. The highest BCUT2D eigenvalue weighted by Gasteiger charge is 2.28. The lowest BCUT2D eigenvalue weighted by Crippen LogP contribution is -2.19. The van der Waals surface area contributed by atoms with Gasteiger partial charge in [0.25, 0.3) is 0 Å². The van der Waals surface area contributed by atoms with Crippen LogP contribution in [0.3, 0.4) is 0 Å². The second-order valence-corrected chi connectivity index (χ2v) is 6.01. The first-order valence-corrected chi connectivity index (χ1v) is 7.44. The summed E-state index contributed by atoms with van der Waals surface area (Å²) in [7, 11) is -4.36. The van der Waals surface area contributed by atoms with E-state index in [2.05, 4.69) is 0 Å². The number of hydrogen-bond donors (Lipinski definition) is 1. The maximum Gasteiger partial charge on any atom is 0.237 e. The highest BCUT2D eigenvalue weighted by Crippen LogP contribution is 2.28. The summed E-state index contributed by atoms with van der Waals surface area (Å²) >= 11 is 0. The van der Waals surface area contributed by atoms with Crippen molar-refractivity contribution in [1.82, 2.24) is 0 Å². The van der Waals surface area contributed by atoms with Crippen LogP contribution in [0, 0.1) is 29.1 Å². The van der Waals surface area contributed by atoms with E-state index in [9.17, 15) is 30.4 Å². The van der Waals surface area contributed by atoms with Gasteiger partial charge in [-0.05, 0) is 5.56 Å². The number of rotatable bonds is 4. The maximum atomic E-state index is 13.4. The molecule has 3 nitrogen and oxygen atoms in total. The molecule has 0 saturated carbocycles. The molecule has 0 bridgehead atoms. The van der Waals surface area contributed by atoms with Gasteiger partial charge in [-0.2, -0.15) is 0 Å². The largest absolute Gasteiger partial charge is 0.277 e. The van der Waals surface area contributed by atoms with Crippen molar-refractivity contribution < 1.29 is 30.4 Å². The Balaban J connectivity index is 2.39. The second kappa shape index (κ2) is 5.91. The van der Waals surface area contributed by atoms with Crippen LogP contribution in [0.5, 0.6) is 0 Å². The second-order valence-electron chi connectivity index (χ2n) is 4.29. The summed E-state index contributed by atoms with van der Waals surface area (Å²) in [4.78, 5) is 0. The minimum atomic E-state index is -4.36. The number of benzene rings is 2. The van der Waals surface area contributed by atoms with Gasteiger partial charge in [0.1, 0.15) is 5.69 Å². The summed E-state index contributed by atoms with van der Waals surface area (Å²) in [6, 6.07) is 7.54. The van der Waals surface area contributed by atoms with Crippen LogP contribution in [-0.2, 0) is 15.8 Å². The minimum Gasteiger partial charge on any atom is -0.277 e. The van der Waals surface area contributed by atoms with E-state index in [0.717, 1.165) is 0 Å². The summed E-state index contributed by atoms with van der Waals surface area (Å²) in [6.07, 6.45) is 0.